The number of thiophene rings is 1. The van der Waals surface area contributed by atoms with E-state index in [0.29, 0.717) is 22.7 Å². The van der Waals surface area contributed by atoms with Crippen LogP contribution in [0, 0.1) is 6.92 Å². The highest BCUT2D eigenvalue weighted by atomic mass is 32.1. The molecule has 0 radical (unpaired) electrons. The Balaban J connectivity index is 2.24. The van der Waals surface area contributed by atoms with Gasteiger partial charge in [0.2, 0.25) is 0 Å². The lowest BCUT2D eigenvalue weighted by molar-refractivity contribution is 0.0527. The molecule has 5 heteroatoms. The summed E-state index contributed by atoms with van der Waals surface area (Å²) < 4.78 is 4.98. The number of benzene rings is 1. The van der Waals surface area contributed by atoms with E-state index in [2.05, 4.69) is 5.32 Å². The van der Waals surface area contributed by atoms with Gasteiger partial charge in [-0.25, -0.2) is 4.79 Å². The number of carbonyl (C=O) groups is 2. The molecule has 0 aliphatic carbocycles. The van der Waals surface area contributed by atoms with Crippen LogP contribution in [0.4, 0.5) is 5.69 Å². The molecule has 1 amide bonds. The Labute approximate surface area is 121 Å². The van der Waals surface area contributed by atoms with Crippen LogP contribution in [0.25, 0.3) is 0 Å². The van der Waals surface area contributed by atoms with Gasteiger partial charge in [0.15, 0.2) is 0 Å². The van der Waals surface area contributed by atoms with Crippen LogP contribution in [-0.2, 0) is 4.74 Å². The third kappa shape index (κ3) is 3.05. The quantitative estimate of drug-likeness (QED) is 0.877. The van der Waals surface area contributed by atoms with Crippen LogP contribution >= 0.6 is 11.3 Å². The van der Waals surface area contributed by atoms with E-state index in [0.717, 1.165) is 5.56 Å². The van der Waals surface area contributed by atoms with Gasteiger partial charge in [-0.2, -0.15) is 0 Å². The van der Waals surface area contributed by atoms with Gasteiger partial charge < -0.3 is 10.1 Å². The summed E-state index contributed by atoms with van der Waals surface area (Å²) >= 11 is 1.37. The fraction of sp³-hybridized carbons (Fsp3) is 0.200. The Hall–Kier alpha value is -2.14. The lowest BCUT2D eigenvalue weighted by atomic mass is 10.1. The molecule has 0 unspecified atom stereocenters. The van der Waals surface area contributed by atoms with Crippen molar-refractivity contribution >= 4 is 28.9 Å². The topological polar surface area (TPSA) is 55.4 Å². The Morgan fingerprint density at radius 3 is 2.65 bits per heavy atom. The van der Waals surface area contributed by atoms with E-state index >= 15 is 0 Å². The summed E-state index contributed by atoms with van der Waals surface area (Å²) in [6.45, 7) is 3.92. The third-order valence-corrected chi connectivity index (χ3v) is 3.75. The monoisotopic (exact) mass is 289 g/mol. The summed E-state index contributed by atoms with van der Waals surface area (Å²) in [5.41, 5.74) is 1.74. The molecule has 1 N–H and O–H groups in total. The average Bonchev–Trinajstić information content (AvgIpc) is 2.86. The van der Waals surface area contributed by atoms with Gasteiger partial charge in [-0.15, -0.1) is 11.3 Å². The summed E-state index contributed by atoms with van der Waals surface area (Å²) in [7, 11) is 0. The van der Waals surface area contributed by atoms with E-state index < -0.39 is 5.97 Å². The Kier molecular flexibility index (Phi) is 4.53. The zero-order valence-corrected chi connectivity index (χ0v) is 12.1. The Bertz CT molecular complexity index is 634. The van der Waals surface area contributed by atoms with Crippen molar-refractivity contribution in [3.05, 3.63) is 51.7 Å². The molecular formula is C15H15NO3S. The maximum absolute atomic E-state index is 12.2. The van der Waals surface area contributed by atoms with Crippen molar-refractivity contribution in [2.45, 2.75) is 13.8 Å². The smallest absolute Gasteiger partial charge is 0.340 e. The Morgan fingerprint density at radius 1 is 1.25 bits per heavy atom. The molecule has 0 saturated carbocycles. The minimum Gasteiger partial charge on any atom is -0.462 e. The molecule has 1 heterocycles. The number of anilines is 1. The summed E-state index contributed by atoms with van der Waals surface area (Å²) in [5.74, 6) is -0.652. The van der Waals surface area contributed by atoms with Crippen LogP contribution in [0.15, 0.2) is 35.7 Å². The second-order valence-electron chi connectivity index (χ2n) is 4.15. The molecule has 20 heavy (non-hydrogen) atoms. The van der Waals surface area contributed by atoms with E-state index in [4.69, 9.17) is 4.74 Å². The average molecular weight is 289 g/mol. The van der Waals surface area contributed by atoms with Gasteiger partial charge in [0.1, 0.15) is 0 Å². The van der Waals surface area contributed by atoms with E-state index in [1.54, 1.807) is 31.2 Å². The van der Waals surface area contributed by atoms with Crippen molar-refractivity contribution in [2.24, 2.45) is 0 Å². The van der Waals surface area contributed by atoms with Crippen molar-refractivity contribution in [1.29, 1.82) is 0 Å². The minimum absolute atomic E-state index is 0.214. The van der Waals surface area contributed by atoms with Crippen LogP contribution in [0.2, 0.25) is 0 Å². The zero-order chi connectivity index (χ0) is 14.5. The van der Waals surface area contributed by atoms with Gasteiger partial charge in [-0.05, 0) is 43.0 Å². The minimum atomic E-state index is -0.439. The molecule has 104 valence electrons. The molecule has 0 saturated heterocycles. The second-order valence-corrected chi connectivity index (χ2v) is 5.07. The standard InChI is InChI=1S/C15H15NO3S/c1-3-19-15(18)11-6-4-5-7-12(11)16-14(17)13-10(2)8-9-20-13/h4-9H,3H2,1-2H3,(H,16,17). The predicted octanol–water partition coefficient (Wildman–Crippen LogP) is 3.49. The number of esters is 1. The van der Waals surface area contributed by atoms with Gasteiger partial charge in [0.25, 0.3) is 5.91 Å². The van der Waals surface area contributed by atoms with Crippen LogP contribution in [0.3, 0.4) is 0 Å². The number of carbonyl (C=O) groups excluding carboxylic acids is 2. The second kappa shape index (κ2) is 6.34. The summed E-state index contributed by atoms with van der Waals surface area (Å²) in [6.07, 6.45) is 0. The number of ether oxygens (including phenoxy) is 1. The van der Waals surface area contributed by atoms with Crippen LogP contribution in [0.1, 0.15) is 32.5 Å². The van der Waals surface area contributed by atoms with Crippen molar-refractivity contribution in [3.8, 4) is 0 Å². The number of hydrogen-bond donors (Lipinski definition) is 1. The SMILES string of the molecule is CCOC(=O)c1ccccc1NC(=O)c1sccc1C. The lowest BCUT2D eigenvalue weighted by Crippen LogP contribution is -2.15. The molecule has 0 bridgehead atoms. The number of nitrogens with one attached hydrogen (secondary N) is 1. The van der Waals surface area contributed by atoms with E-state index in [-0.39, 0.29) is 5.91 Å². The van der Waals surface area contributed by atoms with E-state index in [1.807, 2.05) is 18.4 Å². The van der Waals surface area contributed by atoms with Crippen molar-refractivity contribution in [3.63, 3.8) is 0 Å². The first kappa shape index (κ1) is 14.3. The molecule has 2 aromatic rings. The molecule has 1 aromatic carbocycles. The van der Waals surface area contributed by atoms with Gasteiger partial charge in [0, 0.05) is 0 Å². The number of aryl methyl sites for hydroxylation is 1. The van der Waals surface area contributed by atoms with E-state index in [9.17, 15) is 9.59 Å². The summed E-state index contributed by atoms with van der Waals surface area (Å²) in [5, 5.41) is 4.63. The molecule has 0 aliphatic rings. The molecule has 0 spiro atoms. The highest BCUT2D eigenvalue weighted by Crippen LogP contribution is 2.20. The van der Waals surface area contributed by atoms with Crippen LogP contribution < -0.4 is 5.32 Å². The molecule has 1 aromatic heterocycles. The van der Waals surface area contributed by atoms with Crippen molar-refractivity contribution in [1.82, 2.24) is 0 Å². The molecule has 0 fully saturated rings. The molecule has 0 aliphatic heterocycles. The lowest BCUT2D eigenvalue weighted by Gasteiger charge is -2.10. The van der Waals surface area contributed by atoms with E-state index in [1.165, 1.54) is 11.3 Å². The molecule has 2 rings (SSSR count). The number of hydrogen-bond acceptors (Lipinski definition) is 4. The van der Waals surface area contributed by atoms with Gasteiger partial charge >= 0.3 is 5.97 Å². The van der Waals surface area contributed by atoms with Crippen molar-refractivity contribution in [2.75, 3.05) is 11.9 Å². The summed E-state index contributed by atoms with van der Waals surface area (Å²) in [6, 6.07) is 8.71. The fourth-order valence-corrected chi connectivity index (χ4v) is 2.58. The Morgan fingerprint density at radius 2 is 2.00 bits per heavy atom. The number of para-hydroxylation sites is 1. The van der Waals surface area contributed by atoms with Gasteiger partial charge in [-0.3, -0.25) is 4.79 Å². The maximum atomic E-state index is 12.2. The fourth-order valence-electron chi connectivity index (χ4n) is 1.76. The van der Waals surface area contributed by atoms with Crippen LogP contribution in [-0.4, -0.2) is 18.5 Å². The normalized spacial score (nSPS) is 10.1. The number of amides is 1. The predicted molar refractivity (Wildman–Crippen MR) is 79.4 cm³/mol. The largest absolute Gasteiger partial charge is 0.462 e. The van der Waals surface area contributed by atoms with Crippen LogP contribution in [0.5, 0.6) is 0 Å². The maximum Gasteiger partial charge on any atom is 0.340 e. The highest BCUT2D eigenvalue weighted by Gasteiger charge is 2.16. The molecular weight excluding hydrogens is 274 g/mol. The van der Waals surface area contributed by atoms with Crippen molar-refractivity contribution < 1.29 is 14.3 Å². The first-order valence-corrected chi connectivity index (χ1v) is 7.13. The third-order valence-electron chi connectivity index (χ3n) is 2.74. The first-order chi connectivity index (χ1) is 9.63. The molecule has 0 atom stereocenters. The van der Waals surface area contributed by atoms with Gasteiger partial charge in [-0.1, -0.05) is 12.1 Å². The summed E-state index contributed by atoms with van der Waals surface area (Å²) in [4.78, 5) is 24.6. The zero-order valence-electron chi connectivity index (χ0n) is 11.3. The number of rotatable bonds is 4. The first-order valence-electron chi connectivity index (χ1n) is 6.25. The highest BCUT2D eigenvalue weighted by molar-refractivity contribution is 7.12. The van der Waals surface area contributed by atoms with Gasteiger partial charge in [0.05, 0.1) is 22.7 Å². The molecule has 4 nitrogen and oxygen atoms in total.